The van der Waals surface area contributed by atoms with Gasteiger partial charge in [0.2, 0.25) is 11.8 Å². The van der Waals surface area contributed by atoms with Crippen LogP contribution in [0, 0.1) is 5.92 Å². The summed E-state index contributed by atoms with van der Waals surface area (Å²) in [5.41, 5.74) is 1.21. The van der Waals surface area contributed by atoms with Crippen molar-refractivity contribution in [3.05, 3.63) is 23.8 Å². The lowest BCUT2D eigenvalue weighted by molar-refractivity contribution is -0.122. The highest BCUT2D eigenvalue weighted by atomic mass is 16.4. The molecular formula is C21H32N4O4. The SMILES string of the molecule is CCCNC(=O)CN1CCN(c2ccc(NC(=O)CC(C)C)c(C(=O)O)c2)CC1. The van der Waals surface area contributed by atoms with Crippen LogP contribution in [0.5, 0.6) is 0 Å². The van der Waals surface area contributed by atoms with Crippen LogP contribution in [0.4, 0.5) is 11.4 Å². The molecule has 8 heteroatoms. The van der Waals surface area contributed by atoms with Crippen LogP contribution < -0.4 is 15.5 Å². The first kappa shape index (κ1) is 22.7. The second kappa shape index (κ2) is 10.8. The van der Waals surface area contributed by atoms with Gasteiger partial charge in [-0.25, -0.2) is 4.79 Å². The van der Waals surface area contributed by atoms with Crippen molar-refractivity contribution >= 4 is 29.2 Å². The first-order chi connectivity index (χ1) is 13.8. The fraction of sp³-hybridized carbons (Fsp3) is 0.571. The standard InChI is InChI=1S/C21H32N4O4/c1-4-7-22-20(27)14-24-8-10-25(11-9-24)16-5-6-18(17(13-16)21(28)29)23-19(26)12-15(2)3/h5-6,13,15H,4,7-12,14H2,1-3H3,(H,22,27)(H,23,26)(H,28,29). The Balaban J connectivity index is 1.99. The minimum Gasteiger partial charge on any atom is -0.478 e. The molecule has 0 spiro atoms. The summed E-state index contributed by atoms with van der Waals surface area (Å²) in [7, 11) is 0. The molecule has 0 radical (unpaired) electrons. The molecule has 8 nitrogen and oxygen atoms in total. The summed E-state index contributed by atoms with van der Waals surface area (Å²) in [5.74, 6) is -1.03. The molecule has 1 aliphatic rings. The number of carboxylic acids is 1. The van der Waals surface area contributed by atoms with E-state index in [-0.39, 0.29) is 23.3 Å². The molecule has 1 heterocycles. The minimum atomic E-state index is -1.07. The molecule has 1 saturated heterocycles. The average molecular weight is 405 g/mol. The van der Waals surface area contributed by atoms with Crippen molar-refractivity contribution in [1.29, 1.82) is 0 Å². The van der Waals surface area contributed by atoms with Gasteiger partial charge in [0.05, 0.1) is 17.8 Å². The third-order valence-corrected chi connectivity index (χ3v) is 4.78. The minimum absolute atomic E-state index is 0.0370. The quantitative estimate of drug-likeness (QED) is 0.582. The van der Waals surface area contributed by atoms with Gasteiger partial charge in [0.1, 0.15) is 0 Å². The van der Waals surface area contributed by atoms with E-state index < -0.39 is 5.97 Å². The Hall–Kier alpha value is -2.61. The zero-order chi connectivity index (χ0) is 21.4. The number of hydrogen-bond donors (Lipinski definition) is 3. The average Bonchev–Trinajstić information content (AvgIpc) is 2.66. The summed E-state index contributed by atoms with van der Waals surface area (Å²) in [4.78, 5) is 39.8. The second-order valence-corrected chi connectivity index (χ2v) is 7.79. The van der Waals surface area contributed by atoms with Crippen molar-refractivity contribution in [2.24, 2.45) is 5.92 Å². The Kier molecular flexibility index (Phi) is 8.45. The molecule has 1 aliphatic heterocycles. The monoisotopic (exact) mass is 404 g/mol. The molecule has 2 rings (SSSR count). The molecule has 1 fully saturated rings. The zero-order valence-corrected chi connectivity index (χ0v) is 17.5. The van der Waals surface area contributed by atoms with E-state index in [0.717, 1.165) is 25.2 Å². The third-order valence-electron chi connectivity index (χ3n) is 4.78. The van der Waals surface area contributed by atoms with Crippen LogP contribution >= 0.6 is 0 Å². The molecule has 1 aromatic rings. The summed E-state index contributed by atoms with van der Waals surface area (Å²) in [5, 5.41) is 15.2. The van der Waals surface area contributed by atoms with Crippen LogP contribution in [0.15, 0.2) is 18.2 Å². The lowest BCUT2D eigenvalue weighted by atomic mass is 10.1. The van der Waals surface area contributed by atoms with E-state index >= 15 is 0 Å². The van der Waals surface area contributed by atoms with Crippen LogP contribution in [-0.2, 0) is 9.59 Å². The molecule has 0 unspecified atom stereocenters. The number of benzene rings is 1. The van der Waals surface area contributed by atoms with Crippen molar-refractivity contribution in [2.75, 3.05) is 49.5 Å². The second-order valence-electron chi connectivity index (χ2n) is 7.79. The number of amides is 2. The van der Waals surface area contributed by atoms with Gasteiger partial charge in [-0.2, -0.15) is 0 Å². The maximum atomic E-state index is 12.0. The third kappa shape index (κ3) is 7.05. The predicted molar refractivity (Wildman–Crippen MR) is 113 cm³/mol. The van der Waals surface area contributed by atoms with Crippen molar-refractivity contribution in [2.45, 2.75) is 33.6 Å². The number of carbonyl (C=O) groups excluding carboxylic acids is 2. The van der Waals surface area contributed by atoms with Gasteiger partial charge >= 0.3 is 5.97 Å². The maximum absolute atomic E-state index is 12.0. The van der Waals surface area contributed by atoms with E-state index in [4.69, 9.17) is 0 Å². The number of carbonyl (C=O) groups is 3. The van der Waals surface area contributed by atoms with E-state index in [9.17, 15) is 19.5 Å². The number of carboxylic acid groups (broad SMARTS) is 1. The van der Waals surface area contributed by atoms with Crippen LogP contribution in [0.25, 0.3) is 0 Å². The summed E-state index contributed by atoms with van der Waals surface area (Å²) in [6, 6.07) is 5.10. The van der Waals surface area contributed by atoms with Gasteiger partial charge in [0.25, 0.3) is 0 Å². The number of nitrogens with one attached hydrogen (secondary N) is 2. The lowest BCUT2D eigenvalue weighted by Crippen LogP contribution is -2.49. The van der Waals surface area contributed by atoms with Gasteiger partial charge in [-0.15, -0.1) is 0 Å². The van der Waals surface area contributed by atoms with Gasteiger partial charge in [0, 0.05) is 44.8 Å². The van der Waals surface area contributed by atoms with E-state index in [1.807, 2.05) is 26.8 Å². The maximum Gasteiger partial charge on any atom is 0.337 e. The van der Waals surface area contributed by atoms with Crippen molar-refractivity contribution in [1.82, 2.24) is 10.2 Å². The molecule has 0 atom stereocenters. The molecule has 0 bridgehead atoms. The van der Waals surface area contributed by atoms with Crippen molar-refractivity contribution in [3.8, 4) is 0 Å². The number of rotatable bonds is 9. The van der Waals surface area contributed by atoms with E-state index in [1.165, 1.54) is 0 Å². The van der Waals surface area contributed by atoms with Gasteiger partial charge in [-0.3, -0.25) is 14.5 Å². The molecule has 2 amide bonds. The molecule has 3 N–H and O–H groups in total. The smallest absolute Gasteiger partial charge is 0.337 e. The molecule has 0 saturated carbocycles. The van der Waals surface area contributed by atoms with Crippen LogP contribution in [0.3, 0.4) is 0 Å². The van der Waals surface area contributed by atoms with Gasteiger partial charge in [-0.1, -0.05) is 20.8 Å². The van der Waals surface area contributed by atoms with Crippen LogP contribution in [0.1, 0.15) is 44.0 Å². The largest absolute Gasteiger partial charge is 0.478 e. The summed E-state index contributed by atoms with van der Waals surface area (Å²) in [6.07, 6.45) is 1.26. The van der Waals surface area contributed by atoms with Crippen LogP contribution in [-0.4, -0.2) is 67.1 Å². The molecule has 1 aromatic carbocycles. The first-order valence-corrected chi connectivity index (χ1v) is 10.2. The fourth-order valence-corrected chi connectivity index (χ4v) is 3.27. The highest BCUT2D eigenvalue weighted by Crippen LogP contribution is 2.25. The van der Waals surface area contributed by atoms with Gasteiger partial charge in [-0.05, 0) is 30.5 Å². The molecule has 160 valence electrons. The Morgan fingerprint density at radius 1 is 1.10 bits per heavy atom. The van der Waals surface area contributed by atoms with Crippen LogP contribution in [0.2, 0.25) is 0 Å². The van der Waals surface area contributed by atoms with Gasteiger partial charge in [0.15, 0.2) is 0 Å². The van der Waals surface area contributed by atoms with E-state index in [2.05, 4.69) is 20.4 Å². The molecule has 0 aromatic heterocycles. The summed E-state index contributed by atoms with van der Waals surface area (Å²) < 4.78 is 0. The lowest BCUT2D eigenvalue weighted by Gasteiger charge is -2.36. The number of aromatic carboxylic acids is 1. The Morgan fingerprint density at radius 3 is 2.38 bits per heavy atom. The zero-order valence-electron chi connectivity index (χ0n) is 17.5. The number of nitrogens with zero attached hydrogens (tertiary/aromatic N) is 2. The normalized spacial score (nSPS) is 14.7. The molecular weight excluding hydrogens is 372 g/mol. The number of hydrogen-bond acceptors (Lipinski definition) is 5. The molecule has 0 aliphatic carbocycles. The van der Waals surface area contributed by atoms with Crippen molar-refractivity contribution in [3.63, 3.8) is 0 Å². The Labute approximate surface area is 172 Å². The highest BCUT2D eigenvalue weighted by molar-refractivity contribution is 6.01. The summed E-state index contributed by atoms with van der Waals surface area (Å²) >= 11 is 0. The van der Waals surface area contributed by atoms with Crippen molar-refractivity contribution < 1.29 is 19.5 Å². The number of anilines is 2. The Morgan fingerprint density at radius 2 is 1.79 bits per heavy atom. The first-order valence-electron chi connectivity index (χ1n) is 10.2. The fourth-order valence-electron chi connectivity index (χ4n) is 3.27. The molecule has 29 heavy (non-hydrogen) atoms. The predicted octanol–water partition coefficient (Wildman–Crippen LogP) is 2.02. The van der Waals surface area contributed by atoms with E-state index in [1.54, 1.807) is 12.1 Å². The van der Waals surface area contributed by atoms with E-state index in [0.29, 0.717) is 38.3 Å². The summed E-state index contributed by atoms with van der Waals surface area (Å²) in [6.45, 7) is 9.85. The number of piperazine rings is 1. The topological polar surface area (TPSA) is 102 Å². The van der Waals surface area contributed by atoms with Gasteiger partial charge < -0.3 is 20.6 Å². The highest BCUT2D eigenvalue weighted by Gasteiger charge is 2.21. The Bertz CT molecular complexity index is 727.